The summed E-state index contributed by atoms with van der Waals surface area (Å²) in [6.07, 6.45) is 4.01. The number of halogens is 1. The molecule has 164 valence electrons. The highest BCUT2D eigenvalue weighted by molar-refractivity contribution is 8.18. The maximum absolute atomic E-state index is 12.4. The summed E-state index contributed by atoms with van der Waals surface area (Å²) in [4.78, 5) is 21.2. The van der Waals surface area contributed by atoms with Gasteiger partial charge in [-0.05, 0) is 66.2 Å². The lowest BCUT2D eigenvalue weighted by atomic mass is 10.1. The van der Waals surface area contributed by atoms with Crippen molar-refractivity contribution < 1.29 is 13.2 Å². The lowest BCUT2D eigenvalue weighted by Crippen LogP contribution is -2.16. The van der Waals surface area contributed by atoms with Crippen LogP contribution in [0.3, 0.4) is 0 Å². The van der Waals surface area contributed by atoms with Gasteiger partial charge in [0.15, 0.2) is 5.17 Å². The van der Waals surface area contributed by atoms with Crippen molar-refractivity contribution >= 4 is 72.8 Å². The molecule has 2 N–H and O–H groups in total. The van der Waals surface area contributed by atoms with E-state index in [0.717, 1.165) is 16.5 Å². The van der Waals surface area contributed by atoms with E-state index in [2.05, 4.69) is 20.0 Å². The topological polar surface area (TPSA) is 101 Å². The standard InChI is InChI=1S/C22H19ClN4O3S2/c1-2-10-32(29,30)27-16-6-7-17(23)19(13-16)25-22-26-21(28)20(31-22)12-14-5-8-18-15(11-14)4-3-9-24-18/h3-9,11-13,27H,2,10H2,1H3,(H,25,26,28)/b20-12-. The summed E-state index contributed by atoms with van der Waals surface area (Å²) < 4.78 is 26.6. The van der Waals surface area contributed by atoms with E-state index in [1.54, 1.807) is 37.4 Å². The number of aromatic nitrogens is 1. The van der Waals surface area contributed by atoms with E-state index in [1.807, 2.05) is 30.3 Å². The third kappa shape index (κ3) is 5.29. The summed E-state index contributed by atoms with van der Waals surface area (Å²) in [7, 11) is -3.43. The zero-order chi connectivity index (χ0) is 22.7. The number of amides is 1. The average Bonchev–Trinajstić information content (AvgIpc) is 3.08. The van der Waals surface area contributed by atoms with E-state index >= 15 is 0 Å². The number of hydrogen-bond acceptors (Lipinski definition) is 6. The smallest absolute Gasteiger partial charge is 0.286 e. The zero-order valence-electron chi connectivity index (χ0n) is 17.0. The SMILES string of the molecule is CCCS(=O)(=O)Nc1ccc(Cl)c(NC2=NC(=O)/C(=C/c3ccc4ncccc4c3)S2)c1. The molecule has 0 saturated heterocycles. The van der Waals surface area contributed by atoms with Crippen LogP contribution in [0.5, 0.6) is 0 Å². The van der Waals surface area contributed by atoms with E-state index in [0.29, 0.717) is 32.9 Å². The van der Waals surface area contributed by atoms with E-state index in [-0.39, 0.29) is 11.7 Å². The van der Waals surface area contributed by atoms with Crippen molar-refractivity contribution in [3.8, 4) is 0 Å². The molecule has 7 nitrogen and oxygen atoms in total. The molecule has 0 atom stereocenters. The summed E-state index contributed by atoms with van der Waals surface area (Å²) in [5, 5.41) is 4.73. The number of nitrogens with one attached hydrogen (secondary N) is 2. The molecule has 4 rings (SSSR count). The molecule has 32 heavy (non-hydrogen) atoms. The second kappa shape index (κ2) is 9.32. The minimum absolute atomic E-state index is 0.0223. The third-order valence-electron chi connectivity index (χ3n) is 4.50. The Balaban J connectivity index is 1.51. The normalized spacial score (nSPS) is 15.2. The molecule has 1 aliphatic rings. The van der Waals surface area contributed by atoms with Crippen LogP contribution in [0.1, 0.15) is 18.9 Å². The molecule has 1 aliphatic heterocycles. The van der Waals surface area contributed by atoms with Crippen LogP contribution >= 0.6 is 23.4 Å². The minimum atomic E-state index is -3.43. The Kier molecular flexibility index (Phi) is 6.50. The number of benzene rings is 2. The molecule has 0 aliphatic carbocycles. The molecule has 2 aromatic carbocycles. The highest BCUT2D eigenvalue weighted by atomic mass is 35.5. The molecule has 2 heterocycles. The lowest BCUT2D eigenvalue weighted by Gasteiger charge is -2.11. The summed E-state index contributed by atoms with van der Waals surface area (Å²) in [6.45, 7) is 1.79. The van der Waals surface area contributed by atoms with Crippen molar-refractivity contribution in [3.05, 3.63) is 70.2 Å². The largest absolute Gasteiger partial charge is 0.333 e. The maximum atomic E-state index is 12.4. The molecule has 0 fully saturated rings. The van der Waals surface area contributed by atoms with Crippen LogP contribution in [0.15, 0.2) is 64.6 Å². The Morgan fingerprint density at radius 3 is 2.81 bits per heavy atom. The maximum Gasteiger partial charge on any atom is 0.286 e. The second-order valence-corrected chi connectivity index (χ2v) is 10.3. The van der Waals surface area contributed by atoms with Gasteiger partial charge in [0, 0.05) is 11.6 Å². The number of carbonyl (C=O) groups excluding carboxylic acids is 1. The number of aliphatic imine (C=N–C) groups is 1. The van der Waals surface area contributed by atoms with Crippen LogP contribution in [-0.4, -0.2) is 30.2 Å². The molecule has 10 heteroatoms. The first-order chi connectivity index (χ1) is 15.3. The van der Waals surface area contributed by atoms with Crippen LogP contribution in [-0.2, 0) is 14.8 Å². The van der Waals surface area contributed by atoms with Gasteiger partial charge in [-0.2, -0.15) is 4.99 Å². The predicted octanol–water partition coefficient (Wildman–Crippen LogP) is 5.12. The van der Waals surface area contributed by atoms with Gasteiger partial charge in [0.1, 0.15) is 0 Å². The number of thioether (sulfide) groups is 1. The number of fused-ring (bicyclic) bond motifs is 1. The Morgan fingerprint density at radius 1 is 1.16 bits per heavy atom. The molecule has 1 amide bonds. The molecule has 0 unspecified atom stereocenters. The Bertz CT molecular complexity index is 1370. The fourth-order valence-corrected chi connectivity index (χ4v) is 5.21. The van der Waals surface area contributed by atoms with Gasteiger partial charge >= 0.3 is 0 Å². The number of pyridine rings is 1. The average molecular weight is 487 g/mol. The predicted molar refractivity (Wildman–Crippen MR) is 133 cm³/mol. The van der Waals surface area contributed by atoms with Crippen LogP contribution < -0.4 is 10.0 Å². The minimum Gasteiger partial charge on any atom is -0.333 e. The number of hydrogen-bond donors (Lipinski definition) is 2. The number of amidine groups is 1. The number of carbonyl (C=O) groups is 1. The third-order valence-corrected chi connectivity index (χ3v) is 7.22. The Labute approximate surface area is 195 Å². The number of nitrogens with zero attached hydrogens (tertiary/aromatic N) is 2. The van der Waals surface area contributed by atoms with Gasteiger partial charge in [0.2, 0.25) is 10.0 Å². The molecule has 1 aromatic heterocycles. The summed E-state index contributed by atoms with van der Waals surface area (Å²) in [5.41, 5.74) is 2.56. The van der Waals surface area contributed by atoms with Crippen molar-refractivity contribution in [1.29, 1.82) is 0 Å². The lowest BCUT2D eigenvalue weighted by molar-refractivity contribution is -0.113. The van der Waals surface area contributed by atoms with Gasteiger partial charge < -0.3 is 5.32 Å². The molecule has 0 saturated carbocycles. The van der Waals surface area contributed by atoms with Crippen LogP contribution in [0.2, 0.25) is 5.02 Å². The van der Waals surface area contributed by atoms with Crippen LogP contribution in [0.4, 0.5) is 11.4 Å². The number of sulfonamides is 1. The van der Waals surface area contributed by atoms with E-state index in [4.69, 9.17) is 11.6 Å². The first kappa shape index (κ1) is 22.3. The van der Waals surface area contributed by atoms with Gasteiger partial charge in [0.25, 0.3) is 5.91 Å². The fraction of sp³-hybridized carbons (Fsp3) is 0.136. The van der Waals surface area contributed by atoms with E-state index in [9.17, 15) is 13.2 Å². The molecule has 0 spiro atoms. The van der Waals surface area contributed by atoms with E-state index < -0.39 is 10.0 Å². The second-order valence-electron chi connectivity index (χ2n) is 7.03. The van der Waals surface area contributed by atoms with Gasteiger partial charge in [-0.3, -0.25) is 14.5 Å². The van der Waals surface area contributed by atoms with Crippen molar-refractivity contribution in [2.24, 2.45) is 4.99 Å². The van der Waals surface area contributed by atoms with Crippen molar-refractivity contribution in [2.75, 3.05) is 15.8 Å². The summed E-state index contributed by atoms with van der Waals surface area (Å²) >= 11 is 7.44. The van der Waals surface area contributed by atoms with Gasteiger partial charge in [-0.1, -0.05) is 30.7 Å². The van der Waals surface area contributed by atoms with Crippen LogP contribution in [0, 0.1) is 0 Å². The Hall–Kier alpha value is -2.88. The van der Waals surface area contributed by atoms with Crippen molar-refractivity contribution in [3.63, 3.8) is 0 Å². The highest BCUT2D eigenvalue weighted by Gasteiger charge is 2.23. The quantitative estimate of drug-likeness (QED) is 0.469. The van der Waals surface area contributed by atoms with Gasteiger partial charge in [-0.25, -0.2) is 8.42 Å². The van der Waals surface area contributed by atoms with Crippen LogP contribution in [0.25, 0.3) is 17.0 Å². The number of rotatable bonds is 6. The van der Waals surface area contributed by atoms with Crippen molar-refractivity contribution in [2.45, 2.75) is 13.3 Å². The molecular formula is C22H19ClN4O3S2. The first-order valence-corrected chi connectivity index (χ1v) is 12.6. The van der Waals surface area contributed by atoms with Crippen molar-refractivity contribution in [1.82, 2.24) is 4.98 Å². The molecular weight excluding hydrogens is 468 g/mol. The highest BCUT2D eigenvalue weighted by Crippen LogP contribution is 2.33. The molecule has 3 aromatic rings. The first-order valence-electron chi connectivity index (χ1n) is 9.77. The molecule has 0 radical (unpaired) electrons. The summed E-state index contributed by atoms with van der Waals surface area (Å²) in [5.74, 6) is -0.339. The van der Waals surface area contributed by atoms with Gasteiger partial charge in [-0.15, -0.1) is 0 Å². The summed E-state index contributed by atoms with van der Waals surface area (Å²) in [6, 6.07) is 14.3. The van der Waals surface area contributed by atoms with Gasteiger partial charge in [0.05, 0.1) is 32.6 Å². The monoisotopic (exact) mass is 486 g/mol. The van der Waals surface area contributed by atoms with E-state index in [1.165, 1.54) is 11.8 Å². The zero-order valence-corrected chi connectivity index (χ0v) is 19.4. The Morgan fingerprint density at radius 2 is 2.00 bits per heavy atom. The fourth-order valence-electron chi connectivity index (χ4n) is 3.10. The number of anilines is 2. The molecule has 0 bridgehead atoms.